The molecule has 1 unspecified atom stereocenters. The molecule has 1 atom stereocenters. The van der Waals surface area contributed by atoms with Crippen LogP contribution in [-0.2, 0) is 4.79 Å². The Morgan fingerprint density at radius 1 is 0.914 bits per heavy atom. The summed E-state index contributed by atoms with van der Waals surface area (Å²) < 4.78 is 27.7. The van der Waals surface area contributed by atoms with Gasteiger partial charge in [0.2, 0.25) is 5.78 Å². The lowest BCUT2D eigenvalue weighted by atomic mass is 9.84. The number of ether oxygens (including phenoxy) is 5. The molecular formula is C27H22O8. The molecule has 8 heteroatoms. The topological polar surface area (TPSA) is 101 Å². The predicted octanol–water partition coefficient (Wildman–Crippen LogP) is 4.48. The van der Waals surface area contributed by atoms with Crippen molar-refractivity contribution in [2.24, 2.45) is 0 Å². The number of esters is 1. The SMILES string of the molecule is COc1cc(OC)c(OC)cc1C=C1Oc2c(ccc3c2C(c2cccc(O)c2)CC(=O)O3)C1=O. The number of allylic oxidation sites excluding steroid dienone is 1. The van der Waals surface area contributed by atoms with Gasteiger partial charge in [-0.05, 0) is 42.0 Å². The predicted molar refractivity (Wildman–Crippen MR) is 126 cm³/mol. The lowest BCUT2D eigenvalue weighted by Crippen LogP contribution is -2.21. The van der Waals surface area contributed by atoms with Gasteiger partial charge in [-0.25, -0.2) is 0 Å². The molecule has 178 valence electrons. The lowest BCUT2D eigenvalue weighted by molar-refractivity contribution is -0.135. The van der Waals surface area contributed by atoms with Crippen molar-refractivity contribution in [3.63, 3.8) is 0 Å². The number of benzene rings is 3. The highest BCUT2D eigenvalue weighted by Gasteiger charge is 2.38. The zero-order chi connectivity index (χ0) is 24.7. The summed E-state index contributed by atoms with van der Waals surface area (Å²) in [5.74, 6) is 1.08. The number of hydrogen-bond donors (Lipinski definition) is 1. The Morgan fingerprint density at radius 3 is 2.37 bits per heavy atom. The van der Waals surface area contributed by atoms with Crippen LogP contribution in [0.2, 0.25) is 0 Å². The average Bonchev–Trinajstić information content (AvgIpc) is 3.18. The molecule has 0 aliphatic carbocycles. The van der Waals surface area contributed by atoms with Crippen LogP contribution in [0.1, 0.15) is 39.4 Å². The Balaban J connectivity index is 1.61. The van der Waals surface area contributed by atoms with Crippen molar-refractivity contribution in [1.29, 1.82) is 0 Å². The minimum Gasteiger partial charge on any atom is -0.508 e. The van der Waals surface area contributed by atoms with Gasteiger partial charge in [0.05, 0.1) is 33.3 Å². The molecule has 0 fully saturated rings. The molecule has 2 heterocycles. The largest absolute Gasteiger partial charge is 0.508 e. The molecule has 0 saturated heterocycles. The Labute approximate surface area is 201 Å². The van der Waals surface area contributed by atoms with Gasteiger partial charge >= 0.3 is 5.97 Å². The van der Waals surface area contributed by atoms with E-state index in [0.29, 0.717) is 51.0 Å². The zero-order valence-electron chi connectivity index (χ0n) is 19.3. The summed E-state index contributed by atoms with van der Waals surface area (Å²) in [4.78, 5) is 25.6. The maximum Gasteiger partial charge on any atom is 0.312 e. The number of carbonyl (C=O) groups excluding carboxylic acids is 2. The monoisotopic (exact) mass is 474 g/mol. The number of rotatable bonds is 5. The number of hydrogen-bond acceptors (Lipinski definition) is 8. The maximum atomic E-state index is 13.3. The molecule has 0 saturated carbocycles. The van der Waals surface area contributed by atoms with Crippen LogP contribution in [0.25, 0.3) is 6.08 Å². The van der Waals surface area contributed by atoms with E-state index in [2.05, 4.69) is 0 Å². The molecule has 0 spiro atoms. The number of phenols is 1. The van der Waals surface area contributed by atoms with Crippen LogP contribution >= 0.6 is 0 Å². The first-order valence-electron chi connectivity index (χ1n) is 10.8. The van der Waals surface area contributed by atoms with E-state index in [-0.39, 0.29) is 23.7 Å². The third-order valence-corrected chi connectivity index (χ3v) is 6.07. The number of Topliss-reactive ketones (excluding diaryl/α,β-unsaturated/α-hetero) is 1. The Morgan fingerprint density at radius 2 is 1.66 bits per heavy atom. The number of ketones is 1. The van der Waals surface area contributed by atoms with E-state index < -0.39 is 11.9 Å². The summed E-state index contributed by atoms with van der Waals surface area (Å²) in [7, 11) is 4.55. The van der Waals surface area contributed by atoms with E-state index in [4.69, 9.17) is 23.7 Å². The summed E-state index contributed by atoms with van der Waals surface area (Å²) in [6, 6.07) is 13.2. The van der Waals surface area contributed by atoms with Crippen molar-refractivity contribution in [2.75, 3.05) is 21.3 Å². The fraction of sp³-hybridized carbons (Fsp3) is 0.185. The normalized spacial score (nSPS) is 17.3. The number of aromatic hydroxyl groups is 1. The Kier molecular flexibility index (Phi) is 5.56. The molecule has 3 aromatic carbocycles. The van der Waals surface area contributed by atoms with Gasteiger partial charge in [-0.3, -0.25) is 9.59 Å². The molecule has 0 radical (unpaired) electrons. The minimum atomic E-state index is -0.448. The second-order valence-electron chi connectivity index (χ2n) is 8.07. The van der Waals surface area contributed by atoms with E-state index in [0.717, 1.165) is 0 Å². The molecule has 0 amide bonds. The lowest BCUT2D eigenvalue weighted by Gasteiger charge is -2.26. The van der Waals surface area contributed by atoms with Gasteiger partial charge < -0.3 is 28.8 Å². The second kappa shape index (κ2) is 8.72. The van der Waals surface area contributed by atoms with Gasteiger partial charge in [-0.1, -0.05) is 12.1 Å². The molecular weight excluding hydrogens is 452 g/mol. The third kappa shape index (κ3) is 3.82. The number of phenolic OH excluding ortho intramolecular Hbond substituents is 1. The van der Waals surface area contributed by atoms with Crippen molar-refractivity contribution in [3.05, 3.63) is 76.5 Å². The van der Waals surface area contributed by atoms with Crippen molar-refractivity contribution in [3.8, 4) is 34.5 Å². The highest BCUT2D eigenvalue weighted by molar-refractivity contribution is 6.15. The van der Waals surface area contributed by atoms with Crippen molar-refractivity contribution in [1.82, 2.24) is 0 Å². The van der Waals surface area contributed by atoms with Gasteiger partial charge in [0.1, 0.15) is 23.0 Å². The summed E-state index contributed by atoms with van der Waals surface area (Å²) >= 11 is 0. The minimum absolute atomic E-state index is 0.0486. The molecule has 0 aromatic heterocycles. The molecule has 8 nitrogen and oxygen atoms in total. The van der Waals surface area contributed by atoms with Crippen LogP contribution < -0.4 is 23.7 Å². The van der Waals surface area contributed by atoms with Crippen LogP contribution in [0.5, 0.6) is 34.5 Å². The van der Waals surface area contributed by atoms with Crippen LogP contribution in [-0.4, -0.2) is 38.2 Å². The Bertz CT molecular complexity index is 1390. The first-order chi connectivity index (χ1) is 16.9. The Hall–Kier alpha value is -4.46. The number of fused-ring (bicyclic) bond motifs is 3. The quantitative estimate of drug-likeness (QED) is 0.328. The highest BCUT2D eigenvalue weighted by atomic mass is 16.5. The summed E-state index contributed by atoms with van der Waals surface area (Å²) in [5.41, 5.74) is 2.22. The van der Waals surface area contributed by atoms with Crippen molar-refractivity contribution < 1.29 is 38.4 Å². The van der Waals surface area contributed by atoms with Gasteiger partial charge in [0.25, 0.3) is 0 Å². The van der Waals surface area contributed by atoms with Crippen LogP contribution in [0.15, 0.2) is 54.3 Å². The van der Waals surface area contributed by atoms with Crippen molar-refractivity contribution in [2.45, 2.75) is 12.3 Å². The summed E-state index contributed by atoms with van der Waals surface area (Å²) in [6.45, 7) is 0. The smallest absolute Gasteiger partial charge is 0.312 e. The highest BCUT2D eigenvalue weighted by Crippen LogP contribution is 2.49. The fourth-order valence-electron chi connectivity index (χ4n) is 4.44. The standard InChI is InChI=1S/C27H22O8/c1-31-20-13-22(33-3)21(32-2)10-15(20)11-23-26(30)17-7-8-19-25(27(17)35-23)18(12-24(29)34-19)14-5-4-6-16(28)9-14/h4-11,13,18,28H,12H2,1-3H3. The molecule has 5 rings (SSSR count). The van der Waals surface area contributed by atoms with E-state index in [1.54, 1.807) is 48.5 Å². The zero-order valence-corrected chi connectivity index (χ0v) is 19.3. The van der Waals surface area contributed by atoms with Gasteiger partial charge in [-0.15, -0.1) is 0 Å². The molecule has 3 aromatic rings. The first kappa shape index (κ1) is 22.3. The first-order valence-corrected chi connectivity index (χ1v) is 10.8. The summed E-state index contributed by atoms with van der Waals surface area (Å²) in [6.07, 6.45) is 1.63. The molecule has 2 aliphatic rings. The number of carbonyl (C=O) groups is 2. The van der Waals surface area contributed by atoms with E-state index in [1.807, 2.05) is 6.07 Å². The van der Waals surface area contributed by atoms with Crippen LogP contribution in [0, 0.1) is 0 Å². The third-order valence-electron chi connectivity index (χ3n) is 6.07. The van der Waals surface area contributed by atoms with E-state index in [1.165, 1.54) is 21.3 Å². The maximum absolute atomic E-state index is 13.3. The van der Waals surface area contributed by atoms with Gasteiger partial charge in [-0.2, -0.15) is 0 Å². The molecule has 35 heavy (non-hydrogen) atoms. The van der Waals surface area contributed by atoms with Gasteiger partial charge in [0.15, 0.2) is 17.3 Å². The van der Waals surface area contributed by atoms with E-state index >= 15 is 0 Å². The fourth-order valence-corrected chi connectivity index (χ4v) is 4.44. The second-order valence-corrected chi connectivity index (χ2v) is 8.07. The number of methoxy groups -OCH3 is 3. The van der Waals surface area contributed by atoms with E-state index in [9.17, 15) is 14.7 Å². The molecule has 2 aliphatic heterocycles. The van der Waals surface area contributed by atoms with Crippen molar-refractivity contribution >= 4 is 17.8 Å². The molecule has 0 bridgehead atoms. The molecule has 1 N–H and O–H groups in total. The average molecular weight is 474 g/mol. The van der Waals surface area contributed by atoms with Crippen LogP contribution in [0.3, 0.4) is 0 Å². The van der Waals surface area contributed by atoms with Gasteiger partial charge in [0, 0.05) is 23.1 Å². The van der Waals surface area contributed by atoms with Crippen LogP contribution in [0.4, 0.5) is 0 Å². The summed E-state index contributed by atoms with van der Waals surface area (Å²) in [5, 5.41) is 9.99.